The highest BCUT2D eigenvalue weighted by atomic mass is 127. The number of guanidine groups is 1. The molecular weight excluding hydrogens is 493 g/mol. The van der Waals surface area contributed by atoms with E-state index in [0.29, 0.717) is 13.2 Å². The highest BCUT2D eigenvalue weighted by Crippen LogP contribution is 2.17. The van der Waals surface area contributed by atoms with Gasteiger partial charge in [0, 0.05) is 52.1 Å². The van der Waals surface area contributed by atoms with Crippen molar-refractivity contribution in [2.24, 2.45) is 4.99 Å². The van der Waals surface area contributed by atoms with Gasteiger partial charge < -0.3 is 24.8 Å². The van der Waals surface area contributed by atoms with Crippen molar-refractivity contribution >= 4 is 35.6 Å². The fourth-order valence-corrected chi connectivity index (χ4v) is 2.69. The van der Waals surface area contributed by atoms with Crippen LogP contribution in [0.25, 0.3) is 0 Å². The Kier molecular flexibility index (Phi) is 14.8. The molecule has 0 saturated heterocycles. The fourth-order valence-electron chi connectivity index (χ4n) is 2.69. The molecule has 0 fully saturated rings. The first-order valence-corrected chi connectivity index (χ1v) is 10.1. The van der Waals surface area contributed by atoms with E-state index in [1.807, 2.05) is 30.3 Å². The Labute approximate surface area is 197 Å². The van der Waals surface area contributed by atoms with Crippen LogP contribution in [0.5, 0.6) is 5.75 Å². The number of anilines is 1. The van der Waals surface area contributed by atoms with Gasteiger partial charge in [0.2, 0.25) is 0 Å². The van der Waals surface area contributed by atoms with Gasteiger partial charge in [-0.3, -0.25) is 4.99 Å². The van der Waals surface area contributed by atoms with Crippen LogP contribution in [0.1, 0.15) is 18.4 Å². The summed E-state index contributed by atoms with van der Waals surface area (Å²) in [6, 6.07) is 18.3. The second-order valence-electron chi connectivity index (χ2n) is 6.55. The number of aliphatic imine (C=N–C) groups is 1. The van der Waals surface area contributed by atoms with Crippen molar-refractivity contribution in [2.45, 2.75) is 19.3 Å². The number of rotatable bonds is 13. The molecule has 0 atom stereocenters. The number of benzene rings is 2. The van der Waals surface area contributed by atoms with Gasteiger partial charge in [-0.25, -0.2) is 0 Å². The monoisotopic (exact) mass is 527 g/mol. The maximum absolute atomic E-state index is 5.74. The van der Waals surface area contributed by atoms with Crippen molar-refractivity contribution < 1.29 is 14.2 Å². The third-order valence-corrected chi connectivity index (χ3v) is 4.22. The fraction of sp³-hybridized carbons (Fsp3) is 0.435. The molecule has 7 heteroatoms. The Morgan fingerprint density at radius 3 is 2.53 bits per heavy atom. The van der Waals surface area contributed by atoms with E-state index in [-0.39, 0.29) is 24.0 Å². The maximum Gasteiger partial charge on any atom is 0.195 e. The van der Waals surface area contributed by atoms with E-state index in [4.69, 9.17) is 14.2 Å². The van der Waals surface area contributed by atoms with Gasteiger partial charge in [-0.15, -0.1) is 24.0 Å². The molecule has 0 amide bonds. The molecule has 30 heavy (non-hydrogen) atoms. The number of methoxy groups -OCH3 is 1. The molecule has 0 aliphatic heterocycles. The maximum atomic E-state index is 5.74. The molecule has 2 aromatic carbocycles. The average Bonchev–Trinajstić information content (AvgIpc) is 2.76. The van der Waals surface area contributed by atoms with Gasteiger partial charge in [-0.05, 0) is 30.5 Å². The molecule has 0 aliphatic carbocycles. The van der Waals surface area contributed by atoms with Crippen molar-refractivity contribution in [3.63, 3.8) is 0 Å². The van der Waals surface area contributed by atoms with Crippen LogP contribution >= 0.6 is 24.0 Å². The van der Waals surface area contributed by atoms with Gasteiger partial charge in [0.25, 0.3) is 0 Å². The second-order valence-corrected chi connectivity index (χ2v) is 6.55. The lowest BCUT2D eigenvalue weighted by Crippen LogP contribution is -2.32. The van der Waals surface area contributed by atoms with Gasteiger partial charge in [0.1, 0.15) is 5.75 Å². The number of hydrogen-bond donors (Lipinski definition) is 2. The Bertz CT molecular complexity index is 714. The molecule has 166 valence electrons. The van der Waals surface area contributed by atoms with Crippen molar-refractivity contribution in [3.8, 4) is 5.75 Å². The Balaban J connectivity index is 0.00000450. The summed E-state index contributed by atoms with van der Waals surface area (Å²) in [5, 5.41) is 6.60. The first kappa shape index (κ1) is 26.2. The second kappa shape index (κ2) is 16.9. The van der Waals surface area contributed by atoms with Gasteiger partial charge in [0.05, 0.1) is 13.2 Å². The zero-order valence-electron chi connectivity index (χ0n) is 17.9. The third kappa shape index (κ3) is 11.4. The summed E-state index contributed by atoms with van der Waals surface area (Å²) in [5.41, 5.74) is 2.24. The van der Waals surface area contributed by atoms with E-state index < -0.39 is 0 Å². The highest BCUT2D eigenvalue weighted by molar-refractivity contribution is 14.0. The van der Waals surface area contributed by atoms with E-state index in [0.717, 1.165) is 56.4 Å². The van der Waals surface area contributed by atoms with Gasteiger partial charge in [0.15, 0.2) is 5.96 Å². The minimum absolute atomic E-state index is 0. The Morgan fingerprint density at radius 2 is 1.77 bits per heavy atom. The number of hydrogen-bond acceptors (Lipinski definition) is 4. The first-order valence-electron chi connectivity index (χ1n) is 10.1. The average molecular weight is 527 g/mol. The largest absolute Gasteiger partial charge is 0.493 e. The van der Waals surface area contributed by atoms with Gasteiger partial charge in [-0.2, -0.15) is 0 Å². The summed E-state index contributed by atoms with van der Waals surface area (Å²) in [7, 11) is 3.46. The van der Waals surface area contributed by atoms with E-state index in [1.54, 1.807) is 14.2 Å². The van der Waals surface area contributed by atoms with Crippen LogP contribution in [-0.2, 0) is 15.9 Å². The summed E-state index contributed by atoms with van der Waals surface area (Å²) >= 11 is 0. The molecule has 0 spiro atoms. The molecule has 6 nitrogen and oxygen atoms in total. The van der Waals surface area contributed by atoms with Crippen molar-refractivity contribution in [3.05, 3.63) is 60.2 Å². The first-order chi connectivity index (χ1) is 14.3. The molecule has 0 radical (unpaired) electrons. The summed E-state index contributed by atoms with van der Waals surface area (Å²) in [6.07, 6.45) is 2.73. The molecule has 0 aliphatic rings. The van der Waals surface area contributed by atoms with Crippen LogP contribution in [-0.4, -0.2) is 53.1 Å². The van der Waals surface area contributed by atoms with Crippen molar-refractivity contribution in [2.75, 3.05) is 52.4 Å². The number of halogens is 1. The van der Waals surface area contributed by atoms with Gasteiger partial charge >= 0.3 is 0 Å². The minimum Gasteiger partial charge on any atom is -0.493 e. The lowest BCUT2D eigenvalue weighted by Gasteiger charge is -2.13. The van der Waals surface area contributed by atoms with Crippen LogP contribution in [0, 0.1) is 0 Å². The van der Waals surface area contributed by atoms with Crippen LogP contribution in [0.15, 0.2) is 59.6 Å². The van der Waals surface area contributed by atoms with Crippen LogP contribution in [0.3, 0.4) is 0 Å². The lowest BCUT2D eigenvalue weighted by atomic mass is 10.2. The summed E-state index contributed by atoms with van der Waals surface area (Å²) in [6.45, 7) is 3.59. The Hall–Kier alpha value is -1.84. The summed E-state index contributed by atoms with van der Waals surface area (Å²) < 4.78 is 16.5. The molecule has 0 saturated carbocycles. The molecule has 0 aromatic heterocycles. The quantitative estimate of drug-likeness (QED) is 0.176. The summed E-state index contributed by atoms with van der Waals surface area (Å²) in [5.74, 6) is 1.55. The predicted molar refractivity (Wildman–Crippen MR) is 134 cm³/mol. The van der Waals surface area contributed by atoms with Crippen LogP contribution in [0.4, 0.5) is 5.69 Å². The van der Waals surface area contributed by atoms with E-state index in [9.17, 15) is 0 Å². The zero-order chi connectivity index (χ0) is 20.6. The molecule has 2 rings (SSSR count). The Morgan fingerprint density at radius 1 is 0.933 bits per heavy atom. The normalized spacial score (nSPS) is 10.9. The predicted octanol–water partition coefficient (Wildman–Crippen LogP) is 4.36. The SMILES string of the molecule is CN=C(NCCCOCCc1ccccc1)Nc1cccc(OCCCOC)c1.I. The number of nitrogens with one attached hydrogen (secondary N) is 2. The molecule has 0 bridgehead atoms. The van der Waals surface area contributed by atoms with E-state index in [2.05, 4.69) is 39.9 Å². The van der Waals surface area contributed by atoms with Crippen LogP contribution < -0.4 is 15.4 Å². The van der Waals surface area contributed by atoms with E-state index in [1.165, 1.54) is 5.56 Å². The summed E-state index contributed by atoms with van der Waals surface area (Å²) in [4.78, 5) is 4.27. The highest BCUT2D eigenvalue weighted by Gasteiger charge is 2.01. The zero-order valence-corrected chi connectivity index (χ0v) is 20.3. The minimum atomic E-state index is 0. The number of ether oxygens (including phenoxy) is 3. The van der Waals surface area contributed by atoms with E-state index >= 15 is 0 Å². The third-order valence-electron chi connectivity index (χ3n) is 4.22. The molecule has 2 N–H and O–H groups in total. The topological polar surface area (TPSA) is 64.1 Å². The standard InChI is InChI=1S/C23H33N3O3.HI/c1-24-23(25-14-7-16-28-18-13-20-9-4-3-5-10-20)26-21-11-6-12-22(19-21)29-17-8-15-27-2;/h3-6,9-12,19H,7-8,13-18H2,1-2H3,(H2,24,25,26);1H. The lowest BCUT2D eigenvalue weighted by molar-refractivity contribution is 0.135. The molecule has 0 unspecified atom stereocenters. The smallest absolute Gasteiger partial charge is 0.195 e. The molecule has 2 aromatic rings. The van der Waals surface area contributed by atoms with Gasteiger partial charge in [-0.1, -0.05) is 36.4 Å². The van der Waals surface area contributed by atoms with Crippen LogP contribution in [0.2, 0.25) is 0 Å². The molecule has 0 heterocycles. The van der Waals surface area contributed by atoms with Crippen molar-refractivity contribution in [1.29, 1.82) is 0 Å². The van der Waals surface area contributed by atoms with Crippen molar-refractivity contribution in [1.82, 2.24) is 5.32 Å². The number of nitrogens with zero attached hydrogens (tertiary/aromatic N) is 1. The molecular formula is C23H34IN3O3.